The van der Waals surface area contributed by atoms with Crippen LogP contribution in [0.5, 0.6) is 0 Å². The molecule has 0 aliphatic carbocycles. The van der Waals surface area contributed by atoms with Gasteiger partial charge in [0.15, 0.2) is 0 Å². The summed E-state index contributed by atoms with van der Waals surface area (Å²) in [6, 6.07) is 1.27. The van der Waals surface area contributed by atoms with Gasteiger partial charge in [-0.2, -0.15) is 0 Å². The maximum absolute atomic E-state index is 10.4. The van der Waals surface area contributed by atoms with Gasteiger partial charge in [-0.25, -0.2) is 0 Å². The zero-order chi connectivity index (χ0) is 9.14. The second-order valence-corrected chi connectivity index (χ2v) is 2.26. The molecule has 0 radical (unpaired) electrons. The summed E-state index contributed by atoms with van der Waals surface area (Å²) in [5.41, 5.74) is 0.750. The van der Waals surface area contributed by atoms with Crippen LogP contribution < -0.4 is 5.48 Å². The number of hydrogen-bond donors (Lipinski definition) is 1. The number of nitrogens with two attached hydrogens (primary N) is 1. The number of nitro groups is 1. The number of hydrogen-bond acceptors (Lipinski definition) is 4. The number of rotatable bonds is 2. The quantitative estimate of drug-likeness (QED) is 0.497. The third-order valence-corrected chi connectivity index (χ3v) is 1.37. The molecule has 0 atom stereocenters. The molecule has 0 saturated carbocycles. The van der Waals surface area contributed by atoms with Gasteiger partial charge in [-0.3, -0.25) is 15.1 Å². The Morgan fingerprint density at radius 2 is 2.33 bits per heavy atom. The van der Waals surface area contributed by atoms with E-state index in [2.05, 4.69) is 4.98 Å². The molecule has 0 saturated heterocycles. The van der Waals surface area contributed by atoms with Crippen molar-refractivity contribution < 1.29 is 10.4 Å². The molecule has 0 bridgehead atoms. The zero-order valence-corrected chi connectivity index (χ0v) is 6.35. The van der Waals surface area contributed by atoms with Crippen molar-refractivity contribution in [3.63, 3.8) is 0 Å². The molecule has 0 fully saturated rings. The average molecular weight is 169 g/mol. The SMILES string of the molecule is Cc1cc([N+](=O)[O-])c([NH2+][O-])cn1. The van der Waals surface area contributed by atoms with E-state index < -0.39 is 4.92 Å². The lowest BCUT2D eigenvalue weighted by molar-refractivity contribution is -0.507. The molecule has 0 aliphatic heterocycles. The first-order chi connectivity index (χ1) is 5.65. The minimum absolute atomic E-state index is 0.00519. The van der Waals surface area contributed by atoms with Crippen LogP contribution in [0.3, 0.4) is 0 Å². The van der Waals surface area contributed by atoms with Crippen LogP contribution in [0.2, 0.25) is 0 Å². The second-order valence-electron chi connectivity index (χ2n) is 2.26. The number of pyridine rings is 1. The highest BCUT2D eigenvalue weighted by Crippen LogP contribution is 2.18. The summed E-state index contributed by atoms with van der Waals surface area (Å²) in [6.07, 6.45) is 1.19. The minimum atomic E-state index is -0.599. The minimum Gasteiger partial charge on any atom is -0.630 e. The molecular formula is C6H7N3O3. The molecule has 1 heterocycles. The Hall–Kier alpha value is -1.53. The Balaban J connectivity index is 3.21. The standard InChI is InChI=1S/C6H7N3O3/c1-4-2-6(9(11)12)5(8-10)3-7-4/h2-3H,8H2,1H3. The lowest BCUT2D eigenvalue weighted by atomic mass is 10.3. The van der Waals surface area contributed by atoms with E-state index in [0.717, 1.165) is 0 Å². The van der Waals surface area contributed by atoms with Gasteiger partial charge in [-0.15, -0.1) is 0 Å². The Morgan fingerprint density at radius 3 is 2.83 bits per heavy atom. The molecule has 1 aromatic heterocycles. The predicted molar refractivity (Wildman–Crippen MR) is 40.6 cm³/mol. The molecule has 0 aliphatic rings. The van der Waals surface area contributed by atoms with Gasteiger partial charge in [0, 0.05) is 11.8 Å². The fourth-order valence-electron chi connectivity index (χ4n) is 0.805. The van der Waals surface area contributed by atoms with Crippen molar-refractivity contribution >= 4 is 11.4 Å². The molecular weight excluding hydrogens is 162 g/mol. The van der Waals surface area contributed by atoms with Crippen LogP contribution in [0.1, 0.15) is 5.69 Å². The van der Waals surface area contributed by atoms with Crippen LogP contribution in [-0.2, 0) is 0 Å². The smallest absolute Gasteiger partial charge is 0.332 e. The van der Waals surface area contributed by atoms with Crippen LogP contribution in [0.25, 0.3) is 0 Å². The van der Waals surface area contributed by atoms with Crippen LogP contribution in [0, 0.1) is 22.2 Å². The molecule has 64 valence electrons. The van der Waals surface area contributed by atoms with Crippen LogP contribution in [-0.4, -0.2) is 9.91 Å². The average Bonchev–Trinajstić information content (AvgIpc) is 2.04. The van der Waals surface area contributed by atoms with Gasteiger partial charge in [0.25, 0.3) is 0 Å². The lowest BCUT2D eigenvalue weighted by Crippen LogP contribution is -2.70. The van der Waals surface area contributed by atoms with Crippen molar-refractivity contribution in [3.8, 4) is 0 Å². The fourth-order valence-corrected chi connectivity index (χ4v) is 0.805. The number of quaternary nitrogens is 1. The first-order valence-electron chi connectivity index (χ1n) is 3.21. The summed E-state index contributed by atoms with van der Waals surface area (Å²) in [5.74, 6) is 0. The van der Waals surface area contributed by atoms with E-state index in [4.69, 9.17) is 0 Å². The Labute approximate surface area is 68.0 Å². The highest BCUT2D eigenvalue weighted by Gasteiger charge is 2.15. The van der Waals surface area contributed by atoms with Crippen molar-refractivity contribution in [2.75, 3.05) is 0 Å². The summed E-state index contributed by atoms with van der Waals surface area (Å²) in [7, 11) is 0. The van der Waals surface area contributed by atoms with E-state index in [1.54, 1.807) is 6.92 Å². The van der Waals surface area contributed by atoms with Gasteiger partial charge in [-0.1, -0.05) is 0 Å². The van der Waals surface area contributed by atoms with Gasteiger partial charge < -0.3 is 10.7 Å². The maximum atomic E-state index is 10.4. The molecule has 1 aromatic rings. The van der Waals surface area contributed by atoms with Crippen molar-refractivity contribution in [1.29, 1.82) is 0 Å². The molecule has 0 unspecified atom stereocenters. The van der Waals surface area contributed by atoms with Crippen LogP contribution in [0.4, 0.5) is 11.4 Å². The van der Waals surface area contributed by atoms with E-state index in [1.165, 1.54) is 12.3 Å². The highest BCUT2D eigenvalue weighted by atomic mass is 16.6. The van der Waals surface area contributed by atoms with Crippen molar-refractivity contribution in [2.45, 2.75) is 6.92 Å². The fraction of sp³-hybridized carbons (Fsp3) is 0.167. The monoisotopic (exact) mass is 169 g/mol. The van der Waals surface area contributed by atoms with Gasteiger partial charge in [0.1, 0.15) is 0 Å². The van der Waals surface area contributed by atoms with E-state index >= 15 is 0 Å². The number of aromatic nitrogens is 1. The number of nitrogens with zero attached hydrogens (tertiary/aromatic N) is 2. The van der Waals surface area contributed by atoms with E-state index in [9.17, 15) is 15.3 Å². The summed E-state index contributed by atoms with van der Waals surface area (Å²) >= 11 is 0. The molecule has 0 amide bonds. The number of aryl methyl sites for hydroxylation is 1. The summed E-state index contributed by atoms with van der Waals surface area (Å²) in [4.78, 5) is 13.5. The normalized spacial score (nSPS) is 9.83. The molecule has 0 aromatic carbocycles. The molecule has 0 spiro atoms. The largest absolute Gasteiger partial charge is 0.630 e. The summed E-state index contributed by atoms with van der Waals surface area (Å²) < 4.78 is 0. The van der Waals surface area contributed by atoms with Crippen LogP contribution >= 0.6 is 0 Å². The van der Waals surface area contributed by atoms with Crippen molar-refractivity contribution in [1.82, 2.24) is 4.98 Å². The topological polar surface area (TPSA) is 95.7 Å². The van der Waals surface area contributed by atoms with Gasteiger partial charge in [0.2, 0.25) is 5.69 Å². The van der Waals surface area contributed by atoms with Crippen LogP contribution in [0.15, 0.2) is 12.3 Å². The van der Waals surface area contributed by atoms with Crippen molar-refractivity contribution in [2.24, 2.45) is 0 Å². The lowest BCUT2D eigenvalue weighted by Gasteiger charge is -2.01. The van der Waals surface area contributed by atoms with E-state index in [0.29, 0.717) is 11.2 Å². The van der Waals surface area contributed by atoms with Gasteiger partial charge in [0.05, 0.1) is 11.1 Å². The zero-order valence-electron chi connectivity index (χ0n) is 6.35. The third-order valence-electron chi connectivity index (χ3n) is 1.37. The Morgan fingerprint density at radius 1 is 1.67 bits per heavy atom. The Bertz CT molecular complexity index is 313. The predicted octanol–water partition coefficient (Wildman–Crippen LogP) is -0.00908. The molecule has 2 N–H and O–H groups in total. The molecule has 1 rings (SSSR count). The summed E-state index contributed by atoms with van der Waals surface area (Å²) in [5, 5.41) is 20.7. The first kappa shape index (κ1) is 8.57. The van der Waals surface area contributed by atoms with E-state index in [1.807, 2.05) is 0 Å². The summed E-state index contributed by atoms with van der Waals surface area (Å²) in [6.45, 7) is 1.63. The third kappa shape index (κ3) is 1.55. The molecule has 6 nitrogen and oxygen atoms in total. The maximum Gasteiger partial charge on any atom is 0.332 e. The molecule has 6 heteroatoms. The Kier molecular flexibility index (Phi) is 2.32. The molecule has 12 heavy (non-hydrogen) atoms. The highest BCUT2D eigenvalue weighted by molar-refractivity contribution is 5.50. The van der Waals surface area contributed by atoms with E-state index in [-0.39, 0.29) is 11.4 Å². The van der Waals surface area contributed by atoms with Crippen molar-refractivity contribution in [3.05, 3.63) is 33.3 Å². The second kappa shape index (κ2) is 3.24. The first-order valence-corrected chi connectivity index (χ1v) is 3.21. The van der Waals surface area contributed by atoms with Gasteiger partial charge in [-0.05, 0) is 6.92 Å². The van der Waals surface area contributed by atoms with Gasteiger partial charge >= 0.3 is 5.69 Å².